The van der Waals surface area contributed by atoms with Crippen LogP contribution in [0.2, 0.25) is 0 Å². The van der Waals surface area contributed by atoms with Crippen molar-refractivity contribution in [2.45, 2.75) is 13.8 Å². The van der Waals surface area contributed by atoms with Crippen molar-refractivity contribution in [1.29, 1.82) is 0 Å². The van der Waals surface area contributed by atoms with E-state index in [0.29, 0.717) is 5.03 Å². The molecule has 0 aliphatic heterocycles. The standard InChI is InChI=1S/C25H23Cl2N/c1-5-20-21(6-2)25(27)22(18(4)24(20)26)15-14-17(3)23-13-10-16-28(23)19-11-8-7-9-12-19/h5-16,18H,1-2H2,3-4H3/b17-14+,22-15+. The van der Waals surface area contributed by atoms with Crippen molar-refractivity contribution in [2.24, 2.45) is 5.92 Å². The van der Waals surface area contributed by atoms with Crippen molar-refractivity contribution >= 4 is 28.8 Å². The van der Waals surface area contributed by atoms with Crippen LogP contribution in [0.3, 0.4) is 0 Å². The summed E-state index contributed by atoms with van der Waals surface area (Å²) in [5.74, 6) is -0.00387. The van der Waals surface area contributed by atoms with Gasteiger partial charge in [-0.3, -0.25) is 0 Å². The van der Waals surface area contributed by atoms with Gasteiger partial charge in [0.05, 0.1) is 5.03 Å². The summed E-state index contributed by atoms with van der Waals surface area (Å²) in [5, 5.41) is 1.41. The quantitative estimate of drug-likeness (QED) is 0.475. The topological polar surface area (TPSA) is 4.93 Å². The van der Waals surface area contributed by atoms with Crippen LogP contribution >= 0.6 is 23.2 Å². The molecule has 0 fully saturated rings. The smallest absolute Gasteiger partial charge is 0.0523 e. The second-order valence-electron chi connectivity index (χ2n) is 6.69. The van der Waals surface area contributed by atoms with Crippen LogP contribution in [0.4, 0.5) is 0 Å². The molecule has 1 nitrogen and oxygen atoms in total. The van der Waals surface area contributed by atoms with Gasteiger partial charge in [0, 0.05) is 34.1 Å². The highest BCUT2D eigenvalue weighted by molar-refractivity contribution is 6.36. The summed E-state index contributed by atoms with van der Waals surface area (Å²) in [4.78, 5) is 0. The molecule has 3 rings (SSSR count). The third-order valence-corrected chi connectivity index (χ3v) is 5.95. The van der Waals surface area contributed by atoms with Crippen LogP contribution in [0.25, 0.3) is 11.3 Å². The minimum Gasteiger partial charge on any atom is -0.317 e. The van der Waals surface area contributed by atoms with E-state index < -0.39 is 0 Å². The summed E-state index contributed by atoms with van der Waals surface area (Å²) >= 11 is 13.3. The van der Waals surface area contributed by atoms with E-state index in [4.69, 9.17) is 23.2 Å². The number of halogens is 2. The van der Waals surface area contributed by atoms with Gasteiger partial charge in [0.25, 0.3) is 0 Å². The van der Waals surface area contributed by atoms with Gasteiger partial charge in [0.15, 0.2) is 0 Å². The SMILES string of the molecule is C=CC1=C(Cl)/C(=C/C=C(\C)c2cccn2-c2ccccc2)C(C)C(Cl)=C1C=C. The maximum atomic E-state index is 6.68. The average Bonchev–Trinajstić information content (AvgIpc) is 3.21. The van der Waals surface area contributed by atoms with Crippen LogP contribution in [0.1, 0.15) is 19.5 Å². The van der Waals surface area contributed by atoms with Gasteiger partial charge >= 0.3 is 0 Å². The van der Waals surface area contributed by atoms with Crippen molar-refractivity contribution in [3.63, 3.8) is 0 Å². The molecule has 3 heteroatoms. The van der Waals surface area contributed by atoms with Gasteiger partial charge in [-0.15, -0.1) is 0 Å². The Morgan fingerprint density at radius 2 is 1.68 bits per heavy atom. The van der Waals surface area contributed by atoms with Crippen molar-refractivity contribution in [1.82, 2.24) is 4.57 Å². The Labute approximate surface area is 177 Å². The minimum absolute atomic E-state index is 0.00387. The van der Waals surface area contributed by atoms with Crippen molar-refractivity contribution in [2.75, 3.05) is 0 Å². The number of hydrogen-bond donors (Lipinski definition) is 0. The average molecular weight is 408 g/mol. The van der Waals surface area contributed by atoms with Crippen LogP contribution in [0, 0.1) is 5.92 Å². The number of para-hydroxylation sites is 1. The van der Waals surface area contributed by atoms with E-state index in [2.05, 4.69) is 74.2 Å². The fourth-order valence-corrected chi connectivity index (χ4v) is 4.11. The monoisotopic (exact) mass is 407 g/mol. The van der Waals surface area contributed by atoms with E-state index in [1.807, 2.05) is 18.2 Å². The Hall–Kier alpha value is -2.48. The van der Waals surface area contributed by atoms with E-state index >= 15 is 0 Å². The molecule has 0 bridgehead atoms. The van der Waals surface area contributed by atoms with Gasteiger partial charge < -0.3 is 4.57 Å². The molecular weight excluding hydrogens is 385 g/mol. The highest BCUT2D eigenvalue weighted by Gasteiger charge is 2.26. The van der Waals surface area contributed by atoms with Gasteiger partial charge in [-0.05, 0) is 47.9 Å². The second kappa shape index (κ2) is 8.68. The lowest BCUT2D eigenvalue weighted by Gasteiger charge is -2.25. The molecule has 0 N–H and O–H groups in total. The largest absolute Gasteiger partial charge is 0.317 e. The number of nitrogens with zero attached hydrogens (tertiary/aromatic N) is 1. The van der Waals surface area contributed by atoms with Crippen LogP contribution in [-0.4, -0.2) is 4.57 Å². The van der Waals surface area contributed by atoms with E-state index in [9.17, 15) is 0 Å². The molecule has 0 amide bonds. The molecule has 28 heavy (non-hydrogen) atoms. The van der Waals surface area contributed by atoms with E-state index in [0.717, 1.165) is 38.7 Å². The van der Waals surface area contributed by atoms with E-state index in [1.54, 1.807) is 12.2 Å². The first-order chi connectivity index (χ1) is 13.5. The lowest BCUT2D eigenvalue weighted by Crippen LogP contribution is -2.10. The fourth-order valence-electron chi connectivity index (χ4n) is 3.40. The molecule has 0 saturated carbocycles. The molecule has 1 aromatic heterocycles. The maximum absolute atomic E-state index is 6.68. The lowest BCUT2D eigenvalue weighted by molar-refractivity contribution is 0.846. The number of hydrogen-bond acceptors (Lipinski definition) is 0. The maximum Gasteiger partial charge on any atom is 0.0523 e. The fraction of sp³-hybridized carbons (Fsp3) is 0.120. The van der Waals surface area contributed by atoms with Crippen LogP contribution in [0.15, 0.2) is 113 Å². The van der Waals surface area contributed by atoms with Gasteiger partial charge in [0.2, 0.25) is 0 Å². The molecule has 0 spiro atoms. The van der Waals surface area contributed by atoms with E-state index in [1.165, 1.54) is 0 Å². The first-order valence-corrected chi connectivity index (χ1v) is 9.91. The predicted molar refractivity (Wildman–Crippen MR) is 123 cm³/mol. The van der Waals surface area contributed by atoms with Crippen LogP contribution in [-0.2, 0) is 0 Å². The first kappa shape index (κ1) is 20.3. The van der Waals surface area contributed by atoms with Crippen molar-refractivity contribution < 1.29 is 0 Å². The van der Waals surface area contributed by atoms with Gasteiger partial charge in [-0.25, -0.2) is 0 Å². The number of allylic oxidation sites excluding steroid dienone is 10. The molecule has 1 aliphatic rings. The zero-order valence-electron chi connectivity index (χ0n) is 16.1. The Bertz CT molecular complexity index is 1030. The van der Waals surface area contributed by atoms with Crippen molar-refractivity contribution in [3.8, 4) is 5.69 Å². The highest BCUT2D eigenvalue weighted by atomic mass is 35.5. The summed E-state index contributed by atoms with van der Waals surface area (Å²) in [6.45, 7) is 11.9. The zero-order valence-corrected chi connectivity index (χ0v) is 17.6. The molecule has 2 aromatic rings. The summed E-state index contributed by atoms with van der Waals surface area (Å²) in [7, 11) is 0. The predicted octanol–water partition coefficient (Wildman–Crippen LogP) is 7.81. The van der Waals surface area contributed by atoms with Gasteiger partial charge in [-0.2, -0.15) is 0 Å². The zero-order chi connectivity index (χ0) is 20.3. The Morgan fingerprint density at radius 1 is 1.00 bits per heavy atom. The van der Waals surface area contributed by atoms with Crippen LogP contribution < -0.4 is 0 Å². The van der Waals surface area contributed by atoms with Crippen LogP contribution in [0.5, 0.6) is 0 Å². The number of benzene rings is 1. The molecule has 142 valence electrons. The number of rotatable bonds is 5. The summed E-state index contributed by atoms with van der Waals surface area (Å²) in [6.07, 6.45) is 9.68. The van der Waals surface area contributed by atoms with Crippen molar-refractivity contribution in [3.05, 3.63) is 119 Å². The molecule has 1 aliphatic carbocycles. The Balaban J connectivity index is 2.02. The Kier molecular flexibility index (Phi) is 6.28. The molecule has 0 saturated heterocycles. The Morgan fingerprint density at radius 3 is 2.32 bits per heavy atom. The molecule has 1 unspecified atom stereocenters. The normalized spacial score (nSPS) is 19.4. The second-order valence-corrected chi connectivity index (χ2v) is 7.48. The molecule has 0 radical (unpaired) electrons. The molecule has 1 heterocycles. The summed E-state index contributed by atoms with van der Waals surface area (Å²) in [5.41, 5.74) is 6.04. The van der Waals surface area contributed by atoms with Gasteiger partial charge in [0.1, 0.15) is 0 Å². The molecular formula is C25H23Cl2N. The number of aromatic nitrogens is 1. The van der Waals surface area contributed by atoms with Gasteiger partial charge in [-0.1, -0.05) is 85.8 Å². The molecule has 1 atom stereocenters. The highest BCUT2D eigenvalue weighted by Crippen LogP contribution is 2.43. The summed E-state index contributed by atoms with van der Waals surface area (Å²) in [6, 6.07) is 14.4. The lowest BCUT2D eigenvalue weighted by atomic mass is 9.86. The van der Waals surface area contributed by atoms with E-state index in [-0.39, 0.29) is 5.92 Å². The third-order valence-electron chi connectivity index (χ3n) is 4.99. The minimum atomic E-state index is -0.00387. The third kappa shape index (κ3) is 3.73. The first-order valence-electron chi connectivity index (χ1n) is 9.16. The summed E-state index contributed by atoms with van der Waals surface area (Å²) < 4.78 is 2.17. The molecule has 1 aromatic carbocycles.